The second kappa shape index (κ2) is 5.61. The van der Waals surface area contributed by atoms with Gasteiger partial charge in [-0.15, -0.1) is 0 Å². The monoisotopic (exact) mass is 278 g/mol. The molecule has 0 aromatic carbocycles. The van der Waals surface area contributed by atoms with Crippen molar-refractivity contribution in [3.63, 3.8) is 0 Å². The van der Waals surface area contributed by atoms with E-state index in [1.165, 1.54) is 18.1 Å². The van der Waals surface area contributed by atoms with Gasteiger partial charge in [-0.3, -0.25) is 4.79 Å². The summed E-state index contributed by atoms with van der Waals surface area (Å²) in [5.74, 6) is 0.529. The molecule has 0 saturated carbocycles. The Hall–Kier alpha value is -1.56. The molecule has 0 aliphatic carbocycles. The summed E-state index contributed by atoms with van der Waals surface area (Å²) in [4.78, 5) is 16.4. The van der Waals surface area contributed by atoms with Crippen molar-refractivity contribution in [1.29, 1.82) is 0 Å². The highest BCUT2D eigenvalue weighted by Crippen LogP contribution is 2.20. The van der Waals surface area contributed by atoms with E-state index in [1.807, 2.05) is 27.0 Å². The summed E-state index contributed by atoms with van der Waals surface area (Å²) >= 11 is 1.42. The van der Waals surface area contributed by atoms with E-state index in [9.17, 15) is 4.79 Å². The van der Waals surface area contributed by atoms with Crippen molar-refractivity contribution in [2.45, 2.75) is 32.5 Å². The molecule has 5 nitrogen and oxygen atoms in total. The number of carbonyl (C=O) groups excluding carboxylic acids is 1. The maximum absolute atomic E-state index is 12.3. The second-order valence-electron chi connectivity index (χ2n) is 4.41. The summed E-state index contributed by atoms with van der Waals surface area (Å²) in [5, 5.41) is 4.75. The first-order chi connectivity index (χ1) is 9.04. The Bertz CT molecular complexity index is 600. The lowest BCUT2D eigenvalue weighted by atomic mass is 10.2. The second-order valence-corrected chi connectivity index (χ2v) is 5.35. The van der Waals surface area contributed by atoms with Crippen LogP contribution in [0.3, 0.4) is 0 Å². The van der Waals surface area contributed by atoms with Crippen LogP contribution in [0.15, 0.2) is 17.6 Å². The fraction of sp³-hybridized carbons (Fsp3) is 0.462. The molecule has 0 amide bonds. The first kappa shape index (κ1) is 13.9. The fourth-order valence-electron chi connectivity index (χ4n) is 2.19. The Kier molecular flexibility index (Phi) is 4.09. The van der Waals surface area contributed by atoms with Gasteiger partial charge in [-0.25, -0.2) is 9.67 Å². The summed E-state index contributed by atoms with van der Waals surface area (Å²) in [6, 6.07) is 1.97. The van der Waals surface area contributed by atoms with Gasteiger partial charge < -0.3 is 4.57 Å². The van der Waals surface area contributed by atoms with Gasteiger partial charge in [-0.1, -0.05) is 11.8 Å². The lowest BCUT2D eigenvalue weighted by molar-refractivity contribution is 0.102. The molecule has 0 aliphatic heterocycles. The van der Waals surface area contributed by atoms with E-state index < -0.39 is 0 Å². The van der Waals surface area contributed by atoms with Crippen LogP contribution in [-0.4, -0.2) is 30.9 Å². The third-order valence-electron chi connectivity index (χ3n) is 3.19. The van der Waals surface area contributed by atoms with E-state index in [4.69, 9.17) is 0 Å². The lowest BCUT2D eigenvalue weighted by Crippen LogP contribution is -2.06. The van der Waals surface area contributed by atoms with Crippen molar-refractivity contribution in [2.75, 3.05) is 5.75 Å². The number of ketones is 1. The Labute approximate surface area is 117 Å². The number of hydrogen-bond donors (Lipinski definition) is 0. The van der Waals surface area contributed by atoms with E-state index in [-0.39, 0.29) is 5.78 Å². The zero-order chi connectivity index (χ0) is 14.0. The zero-order valence-electron chi connectivity index (χ0n) is 11.7. The van der Waals surface area contributed by atoms with Gasteiger partial charge in [0, 0.05) is 30.5 Å². The Morgan fingerprint density at radius 1 is 1.42 bits per heavy atom. The van der Waals surface area contributed by atoms with Crippen LogP contribution in [0.25, 0.3) is 0 Å². The summed E-state index contributed by atoms with van der Waals surface area (Å²) in [5.41, 5.74) is 2.99. The van der Waals surface area contributed by atoms with Crippen LogP contribution in [0.4, 0.5) is 0 Å². The normalized spacial score (nSPS) is 10.9. The summed E-state index contributed by atoms with van der Waals surface area (Å²) in [7, 11) is 1.82. The van der Waals surface area contributed by atoms with Crippen LogP contribution in [0.2, 0.25) is 0 Å². The molecule has 6 heteroatoms. The van der Waals surface area contributed by atoms with Gasteiger partial charge >= 0.3 is 0 Å². The number of hydrogen-bond acceptors (Lipinski definition) is 4. The standard InChI is InChI=1S/C13H18N4OS/c1-5-17-9(2)6-11(10(17)3)12(18)7-19-13-14-8-15-16(13)4/h6,8H,5,7H2,1-4H3. The highest BCUT2D eigenvalue weighted by Gasteiger charge is 2.16. The molecule has 0 unspecified atom stereocenters. The predicted octanol–water partition coefficient (Wildman–Crippen LogP) is 2.23. The van der Waals surface area contributed by atoms with E-state index in [2.05, 4.69) is 21.6 Å². The molecule has 0 fully saturated rings. The van der Waals surface area contributed by atoms with Crippen molar-refractivity contribution in [2.24, 2.45) is 7.05 Å². The fourth-order valence-corrected chi connectivity index (χ4v) is 2.97. The number of carbonyl (C=O) groups is 1. The maximum Gasteiger partial charge on any atom is 0.186 e. The van der Waals surface area contributed by atoms with Gasteiger partial charge in [0.15, 0.2) is 10.9 Å². The van der Waals surface area contributed by atoms with Gasteiger partial charge in [-0.05, 0) is 26.8 Å². The molecule has 2 aromatic heterocycles. The highest BCUT2D eigenvalue weighted by atomic mass is 32.2. The topological polar surface area (TPSA) is 52.7 Å². The largest absolute Gasteiger partial charge is 0.349 e. The van der Waals surface area contributed by atoms with Crippen LogP contribution in [0.1, 0.15) is 28.7 Å². The van der Waals surface area contributed by atoms with Crippen LogP contribution in [-0.2, 0) is 13.6 Å². The molecule has 0 spiro atoms. The molecule has 0 saturated heterocycles. The minimum atomic E-state index is 0.140. The average molecular weight is 278 g/mol. The Balaban J connectivity index is 2.10. The zero-order valence-corrected chi connectivity index (χ0v) is 12.5. The summed E-state index contributed by atoms with van der Waals surface area (Å²) < 4.78 is 3.83. The summed E-state index contributed by atoms with van der Waals surface area (Å²) in [6.07, 6.45) is 1.50. The third-order valence-corrected chi connectivity index (χ3v) is 4.23. The van der Waals surface area contributed by atoms with E-state index in [0.717, 1.165) is 28.7 Å². The molecule has 19 heavy (non-hydrogen) atoms. The highest BCUT2D eigenvalue weighted by molar-refractivity contribution is 7.99. The maximum atomic E-state index is 12.3. The van der Waals surface area contributed by atoms with Crippen molar-refractivity contribution >= 4 is 17.5 Å². The van der Waals surface area contributed by atoms with Crippen molar-refractivity contribution in [1.82, 2.24) is 19.3 Å². The molecule has 102 valence electrons. The van der Waals surface area contributed by atoms with Crippen LogP contribution in [0, 0.1) is 13.8 Å². The molecule has 0 bridgehead atoms. The van der Waals surface area contributed by atoms with Crippen molar-refractivity contribution in [3.05, 3.63) is 29.3 Å². The first-order valence-corrected chi connectivity index (χ1v) is 7.19. The van der Waals surface area contributed by atoms with Crippen LogP contribution < -0.4 is 0 Å². The molecular formula is C13H18N4OS. The smallest absolute Gasteiger partial charge is 0.186 e. The van der Waals surface area contributed by atoms with Crippen LogP contribution >= 0.6 is 11.8 Å². The molecule has 2 rings (SSSR count). The van der Waals surface area contributed by atoms with Crippen molar-refractivity contribution < 1.29 is 4.79 Å². The van der Waals surface area contributed by atoms with Gasteiger partial charge in [0.1, 0.15) is 6.33 Å². The Morgan fingerprint density at radius 3 is 2.68 bits per heavy atom. The van der Waals surface area contributed by atoms with E-state index in [0.29, 0.717) is 5.75 Å². The first-order valence-electron chi connectivity index (χ1n) is 6.21. The van der Waals surface area contributed by atoms with Gasteiger partial charge in [0.05, 0.1) is 5.75 Å². The number of thioether (sulfide) groups is 1. The van der Waals surface area contributed by atoms with E-state index >= 15 is 0 Å². The minimum absolute atomic E-state index is 0.140. The average Bonchev–Trinajstić information content (AvgIpc) is 2.90. The molecule has 0 aliphatic rings. The predicted molar refractivity (Wildman–Crippen MR) is 75.6 cm³/mol. The molecule has 2 heterocycles. The molecule has 0 atom stereocenters. The lowest BCUT2D eigenvalue weighted by Gasteiger charge is -2.05. The number of Topliss-reactive ketones (excluding diaryl/α,β-unsaturated/α-hetero) is 1. The molecule has 0 N–H and O–H groups in total. The van der Waals surface area contributed by atoms with E-state index in [1.54, 1.807) is 4.68 Å². The number of aromatic nitrogens is 4. The molecule has 2 aromatic rings. The van der Waals surface area contributed by atoms with Gasteiger partial charge in [-0.2, -0.15) is 5.10 Å². The Morgan fingerprint density at radius 2 is 2.16 bits per heavy atom. The van der Waals surface area contributed by atoms with Crippen molar-refractivity contribution in [3.8, 4) is 0 Å². The summed E-state index contributed by atoms with van der Waals surface area (Å²) in [6.45, 7) is 7.00. The minimum Gasteiger partial charge on any atom is -0.349 e. The van der Waals surface area contributed by atoms with Gasteiger partial charge in [0.25, 0.3) is 0 Å². The quantitative estimate of drug-likeness (QED) is 0.621. The number of nitrogens with zero attached hydrogens (tertiary/aromatic N) is 4. The van der Waals surface area contributed by atoms with Crippen LogP contribution in [0.5, 0.6) is 0 Å². The molecule has 0 radical (unpaired) electrons. The molecular weight excluding hydrogens is 260 g/mol. The third kappa shape index (κ3) is 2.73. The number of aryl methyl sites for hydroxylation is 2. The van der Waals surface area contributed by atoms with Gasteiger partial charge in [0.2, 0.25) is 0 Å². The number of rotatable bonds is 5. The SMILES string of the molecule is CCn1c(C)cc(C(=O)CSc2ncnn2C)c1C.